The van der Waals surface area contributed by atoms with E-state index in [1.165, 1.54) is 0 Å². The SMILES string of the molecule is CC(C)CN1c2ccc(C(=O)NC[C@H](O)[C@H](Cc3ccccc3)NC(=O)O)cc2OC1c1ccccc1. The second-order valence-electron chi connectivity index (χ2n) is 9.63. The van der Waals surface area contributed by atoms with Crippen LogP contribution in [0.1, 0.15) is 41.6 Å². The fourth-order valence-corrected chi connectivity index (χ4v) is 4.50. The predicted octanol–water partition coefficient (Wildman–Crippen LogP) is 4.21. The molecule has 0 aromatic heterocycles. The molecule has 0 spiro atoms. The van der Waals surface area contributed by atoms with Crippen molar-refractivity contribution in [1.82, 2.24) is 10.6 Å². The van der Waals surface area contributed by atoms with Crippen LogP contribution in [0.15, 0.2) is 78.9 Å². The summed E-state index contributed by atoms with van der Waals surface area (Å²) in [6, 6.07) is 23.8. The second kappa shape index (κ2) is 11.8. The molecule has 1 heterocycles. The first kappa shape index (κ1) is 26.0. The number of carbonyl (C=O) groups is 2. The zero-order valence-electron chi connectivity index (χ0n) is 21.0. The third kappa shape index (κ3) is 6.59. The van der Waals surface area contributed by atoms with Crippen LogP contribution < -0.4 is 20.3 Å². The van der Waals surface area contributed by atoms with E-state index in [1.807, 2.05) is 66.7 Å². The lowest BCUT2D eigenvalue weighted by molar-refractivity contribution is 0.0873. The monoisotopic (exact) mass is 503 g/mol. The number of carbonyl (C=O) groups excluding carboxylic acids is 1. The average Bonchev–Trinajstić information content (AvgIpc) is 3.24. The first-order chi connectivity index (χ1) is 17.8. The minimum absolute atomic E-state index is 0.110. The number of nitrogens with zero attached hydrogens (tertiary/aromatic N) is 1. The molecule has 3 aromatic carbocycles. The Morgan fingerprint density at radius 1 is 1.00 bits per heavy atom. The van der Waals surface area contributed by atoms with Crippen LogP contribution in [-0.2, 0) is 6.42 Å². The summed E-state index contributed by atoms with van der Waals surface area (Å²) in [5, 5.41) is 25.0. The predicted molar refractivity (Wildman–Crippen MR) is 142 cm³/mol. The second-order valence-corrected chi connectivity index (χ2v) is 9.63. The van der Waals surface area contributed by atoms with Crippen LogP contribution in [0.3, 0.4) is 0 Å². The average molecular weight is 504 g/mol. The fraction of sp³-hybridized carbons (Fsp3) is 0.310. The van der Waals surface area contributed by atoms with Crippen molar-refractivity contribution >= 4 is 17.7 Å². The maximum absolute atomic E-state index is 12.9. The van der Waals surface area contributed by atoms with E-state index in [-0.39, 0.29) is 18.7 Å². The van der Waals surface area contributed by atoms with Crippen LogP contribution in [0.25, 0.3) is 0 Å². The number of anilines is 1. The Labute approximate surface area is 216 Å². The number of carboxylic acid groups (broad SMARTS) is 1. The Hall–Kier alpha value is -4.04. The highest BCUT2D eigenvalue weighted by Crippen LogP contribution is 2.44. The van der Waals surface area contributed by atoms with Crippen molar-refractivity contribution < 1.29 is 24.5 Å². The Morgan fingerprint density at radius 2 is 1.68 bits per heavy atom. The minimum Gasteiger partial charge on any atom is -0.465 e. The van der Waals surface area contributed by atoms with Gasteiger partial charge in [0.15, 0.2) is 6.23 Å². The standard InChI is InChI=1S/C29H33N3O5/c1-19(2)18-32-24-14-13-22(16-26(24)37-28(32)21-11-7-4-8-12-21)27(34)30-17-25(33)23(31-29(35)36)15-20-9-5-3-6-10-20/h3-14,16,19,23,25,28,31,33H,15,17-18H2,1-2H3,(H,30,34)(H,35,36)/t23-,25-,28?/m0/s1. The molecule has 8 nitrogen and oxygen atoms in total. The van der Waals surface area contributed by atoms with E-state index in [1.54, 1.807) is 12.1 Å². The van der Waals surface area contributed by atoms with Gasteiger partial charge in [0.05, 0.1) is 17.8 Å². The molecule has 1 aliphatic heterocycles. The van der Waals surface area contributed by atoms with Crippen molar-refractivity contribution in [2.75, 3.05) is 18.0 Å². The molecule has 0 aliphatic carbocycles. The third-order valence-corrected chi connectivity index (χ3v) is 6.24. The van der Waals surface area contributed by atoms with Crippen molar-refractivity contribution in [3.05, 3.63) is 95.6 Å². The normalized spacial score (nSPS) is 16.0. The maximum atomic E-state index is 12.9. The lowest BCUT2D eigenvalue weighted by Gasteiger charge is -2.27. The summed E-state index contributed by atoms with van der Waals surface area (Å²) in [5.41, 5.74) is 3.23. The number of aliphatic hydroxyl groups excluding tert-OH is 1. The van der Waals surface area contributed by atoms with E-state index >= 15 is 0 Å². The van der Waals surface area contributed by atoms with E-state index < -0.39 is 18.2 Å². The van der Waals surface area contributed by atoms with Crippen molar-refractivity contribution in [1.29, 1.82) is 0 Å². The van der Waals surface area contributed by atoms with E-state index in [2.05, 4.69) is 29.4 Å². The van der Waals surface area contributed by atoms with E-state index in [0.29, 0.717) is 23.7 Å². The maximum Gasteiger partial charge on any atom is 0.404 e. The first-order valence-electron chi connectivity index (χ1n) is 12.4. The molecule has 0 bridgehead atoms. The van der Waals surface area contributed by atoms with Gasteiger partial charge in [0.1, 0.15) is 5.75 Å². The van der Waals surface area contributed by atoms with Gasteiger partial charge < -0.3 is 30.5 Å². The summed E-state index contributed by atoms with van der Waals surface area (Å²) < 4.78 is 6.29. The minimum atomic E-state index is -1.24. The highest BCUT2D eigenvalue weighted by Gasteiger charge is 2.33. The van der Waals surface area contributed by atoms with Crippen LogP contribution in [-0.4, -0.2) is 47.4 Å². The van der Waals surface area contributed by atoms with Gasteiger partial charge in [-0.15, -0.1) is 0 Å². The summed E-state index contributed by atoms with van der Waals surface area (Å²) in [5.74, 6) is 0.656. The zero-order valence-corrected chi connectivity index (χ0v) is 21.0. The Bertz CT molecular complexity index is 1200. The van der Waals surface area contributed by atoms with E-state index in [9.17, 15) is 19.8 Å². The lowest BCUT2D eigenvalue weighted by atomic mass is 10.0. The molecular formula is C29H33N3O5. The Kier molecular flexibility index (Phi) is 8.30. The number of benzene rings is 3. The molecule has 0 saturated heterocycles. The number of fused-ring (bicyclic) bond motifs is 1. The largest absolute Gasteiger partial charge is 0.465 e. The molecule has 1 aliphatic rings. The van der Waals surface area contributed by atoms with Crippen molar-refractivity contribution in [2.45, 2.75) is 38.6 Å². The molecule has 0 saturated carbocycles. The summed E-state index contributed by atoms with van der Waals surface area (Å²) in [6.45, 7) is 4.99. The van der Waals surface area contributed by atoms with Gasteiger partial charge in [-0.25, -0.2) is 4.79 Å². The number of hydrogen-bond donors (Lipinski definition) is 4. The van der Waals surface area contributed by atoms with E-state index in [0.717, 1.165) is 23.4 Å². The van der Waals surface area contributed by atoms with Gasteiger partial charge in [0.25, 0.3) is 5.91 Å². The summed E-state index contributed by atoms with van der Waals surface area (Å²) >= 11 is 0. The van der Waals surface area contributed by atoms with Gasteiger partial charge in [-0.3, -0.25) is 4.79 Å². The Balaban J connectivity index is 1.44. The van der Waals surface area contributed by atoms with Crippen LogP contribution >= 0.6 is 0 Å². The van der Waals surface area contributed by atoms with Crippen LogP contribution in [0.4, 0.5) is 10.5 Å². The summed E-state index contributed by atoms with van der Waals surface area (Å²) in [7, 11) is 0. The molecule has 0 radical (unpaired) electrons. The van der Waals surface area contributed by atoms with Crippen molar-refractivity contribution in [3.63, 3.8) is 0 Å². The summed E-state index contributed by atoms with van der Waals surface area (Å²) in [4.78, 5) is 26.4. The molecule has 0 fully saturated rings. The van der Waals surface area contributed by atoms with Gasteiger partial charge in [-0.2, -0.15) is 0 Å². The molecule has 3 aromatic rings. The number of ether oxygens (including phenoxy) is 1. The Morgan fingerprint density at radius 3 is 2.32 bits per heavy atom. The molecule has 194 valence electrons. The summed E-state index contributed by atoms with van der Waals surface area (Å²) in [6.07, 6.45) is -2.33. The van der Waals surface area contributed by atoms with E-state index in [4.69, 9.17) is 4.74 Å². The van der Waals surface area contributed by atoms with Crippen molar-refractivity contribution in [3.8, 4) is 5.75 Å². The quantitative estimate of drug-likeness (QED) is 0.330. The zero-order chi connectivity index (χ0) is 26.4. The molecule has 4 rings (SSSR count). The van der Waals surface area contributed by atoms with Gasteiger partial charge >= 0.3 is 6.09 Å². The molecule has 37 heavy (non-hydrogen) atoms. The van der Waals surface area contributed by atoms with Crippen LogP contribution in [0.5, 0.6) is 5.75 Å². The molecule has 4 N–H and O–H groups in total. The van der Waals surface area contributed by atoms with Crippen molar-refractivity contribution in [2.24, 2.45) is 5.92 Å². The highest BCUT2D eigenvalue weighted by molar-refractivity contribution is 5.95. The molecular weight excluding hydrogens is 470 g/mol. The lowest BCUT2D eigenvalue weighted by Crippen LogP contribution is -2.49. The number of amides is 2. The third-order valence-electron chi connectivity index (χ3n) is 6.24. The van der Waals surface area contributed by atoms with Crippen LogP contribution in [0, 0.1) is 5.92 Å². The fourth-order valence-electron chi connectivity index (χ4n) is 4.50. The van der Waals surface area contributed by atoms with Gasteiger partial charge in [0, 0.05) is 24.2 Å². The number of hydrogen-bond acceptors (Lipinski definition) is 5. The number of rotatable bonds is 10. The molecule has 8 heteroatoms. The topological polar surface area (TPSA) is 111 Å². The van der Waals surface area contributed by atoms with Gasteiger partial charge in [-0.05, 0) is 36.1 Å². The number of aliphatic hydroxyl groups is 1. The first-order valence-corrected chi connectivity index (χ1v) is 12.4. The van der Waals surface area contributed by atoms with Gasteiger partial charge in [0.2, 0.25) is 0 Å². The molecule has 2 amide bonds. The van der Waals surface area contributed by atoms with Gasteiger partial charge in [-0.1, -0.05) is 74.5 Å². The molecule has 3 atom stereocenters. The molecule has 1 unspecified atom stereocenters. The number of nitrogens with one attached hydrogen (secondary N) is 2. The smallest absolute Gasteiger partial charge is 0.404 e. The van der Waals surface area contributed by atoms with Crippen LogP contribution in [0.2, 0.25) is 0 Å². The highest BCUT2D eigenvalue weighted by atomic mass is 16.5.